The smallest absolute Gasteiger partial charge is 0.160 e. The van der Waals surface area contributed by atoms with Crippen molar-refractivity contribution in [3.8, 4) is 12.3 Å². The van der Waals surface area contributed by atoms with E-state index in [4.69, 9.17) is 18.0 Å². The van der Waals surface area contributed by atoms with Crippen molar-refractivity contribution in [3.05, 3.63) is 28.8 Å². The molecule has 0 saturated heterocycles. The van der Waals surface area contributed by atoms with Crippen molar-refractivity contribution in [1.82, 2.24) is 0 Å². The minimum Gasteiger partial charge on any atom is -0.383 e. The monoisotopic (exact) mass is 215 g/mol. The minimum atomic E-state index is -0.961. The van der Waals surface area contributed by atoms with E-state index in [1.54, 1.807) is 0 Å². The number of terminal acetylenes is 1. The summed E-state index contributed by atoms with van der Waals surface area (Å²) in [6.07, 6.45) is 5.52. The lowest BCUT2D eigenvalue weighted by molar-refractivity contribution is 0.509. The lowest BCUT2D eigenvalue weighted by atomic mass is 10.3. The van der Waals surface area contributed by atoms with Gasteiger partial charge in [0, 0.05) is 19.0 Å². The van der Waals surface area contributed by atoms with Crippen LogP contribution in [0, 0.1) is 24.0 Å². The molecular formula is C10H8ClF2N. The quantitative estimate of drug-likeness (QED) is 0.464. The van der Waals surface area contributed by atoms with Crippen LogP contribution >= 0.6 is 11.6 Å². The molecule has 0 aromatic heterocycles. The Morgan fingerprint density at radius 3 is 2.64 bits per heavy atom. The Hall–Kier alpha value is -1.27. The molecule has 1 aromatic carbocycles. The molecule has 0 fully saturated rings. The fourth-order valence-electron chi connectivity index (χ4n) is 0.927. The molecule has 0 aliphatic heterocycles. The van der Waals surface area contributed by atoms with Crippen LogP contribution in [0.3, 0.4) is 0 Å². The lowest BCUT2D eigenvalue weighted by Crippen LogP contribution is -2.02. The standard InChI is InChI=1S/C10H8ClF2N/c1-2-3-4-14-10-6-9(13)8(12)5-7(10)11/h1,5-6,14H,3-4H2. The van der Waals surface area contributed by atoms with Gasteiger partial charge in [-0.2, -0.15) is 0 Å². The van der Waals surface area contributed by atoms with Gasteiger partial charge < -0.3 is 5.32 Å². The molecule has 1 aromatic rings. The van der Waals surface area contributed by atoms with Gasteiger partial charge in [0.05, 0.1) is 10.7 Å². The molecule has 0 amide bonds. The topological polar surface area (TPSA) is 12.0 Å². The molecule has 0 saturated carbocycles. The SMILES string of the molecule is C#CCCNc1cc(F)c(F)cc1Cl. The molecule has 74 valence electrons. The van der Waals surface area contributed by atoms with E-state index in [2.05, 4.69) is 11.2 Å². The minimum absolute atomic E-state index is 0.140. The first-order valence-electron chi connectivity index (χ1n) is 3.97. The van der Waals surface area contributed by atoms with Gasteiger partial charge in [-0.15, -0.1) is 12.3 Å². The molecule has 0 unspecified atom stereocenters. The fourth-order valence-corrected chi connectivity index (χ4v) is 1.14. The van der Waals surface area contributed by atoms with Crippen molar-refractivity contribution in [2.75, 3.05) is 11.9 Å². The molecule has 0 aliphatic rings. The normalized spacial score (nSPS) is 9.57. The van der Waals surface area contributed by atoms with Crippen molar-refractivity contribution in [3.63, 3.8) is 0 Å². The van der Waals surface area contributed by atoms with Crippen molar-refractivity contribution < 1.29 is 8.78 Å². The largest absolute Gasteiger partial charge is 0.383 e. The Labute approximate surface area is 86.1 Å². The lowest BCUT2D eigenvalue weighted by Gasteiger charge is -2.06. The van der Waals surface area contributed by atoms with Crippen LogP contribution in [0.15, 0.2) is 12.1 Å². The molecule has 0 spiro atoms. The molecule has 0 bridgehead atoms. The summed E-state index contributed by atoms with van der Waals surface area (Å²) in [6.45, 7) is 0.474. The number of benzene rings is 1. The van der Waals surface area contributed by atoms with Gasteiger partial charge in [0.2, 0.25) is 0 Å². The molecule has 1 nitrogen and oxygen atoms in total. The first-order chi connectivity index (χ1) is 6.65. The second-order valence-electron chi connectivity index (χ2n) is 2.63. The van der Waals surface area contributed by atoms with Crippen LogP contribution < -0.4 is 5.32 Å². The second-order valence-corrected chi connectivity index (χ2v) is 3.03. The molecule has 1 N–H and O–H groups in total. The van der Waals surface area contributed by atoms with Crippen molar-refractivity contribution >= 4 is 17.3 Å². The van der Waals surface area contributed by atoms with Crippen molar-refractivity contribution in [1.29, 1.82) is 0 Å². The molecule has 0 radical (unpaired) electrons. The van der Waals surface area contributed by atoms with E-state index in [9.17, 15) is 8.78 Å². The van der Waals surface area contributed by atoms with Crippen LogP contribution in [0.25, 0.3) is 0 Å². The highest BCUT2D eigenvalue weighted by atomic mass is 35.5. The summed E-state index contributed by atoms with van der Waals surface area (Å²) in [6, 6.07) is 1.93. The van der Waals surface area contributed by atoms with E-state index < -0.39 is 11.6 Å². The van der Waals surface area contributed by atoms with E-state index >= 15 is 0 Å². The summed E-state index contributed by atoms with van der Waals surface area (Å²) >= 11 is 5.66. The highest BCUT2D eigenvalue weighted by molar-refractivity contribution is 6.33. The maximum atomic E-state index is 12.8. The first-order valence-corrected chi connectivity index (χ1v) is 4.35. The van der Waals surface area contributed by atoms with Crippen LogP contribution in [0.5, 0.6) is 0 Å². The summed E-state index contributed by atoms with van der Waals surface area (Å²) in [5.41, 5.74) is 0.348. The fraction of sp³-hybridized carbons (Fsp3) is 0.200. The third kappa shape index (κ3) is 2.61. The summed E-state index contributed by atoms with van der Waals surface area (Å²) in [5.74, 6) is 0.517. The van der Waals surface area contributed by atoms with Gasteiger partial charge in [-0.25, -0.2) is 8.78 Å². The van der Waals surface area contributed by atoms with Gasteiger partial charge >= 0.3 is 0 Å². The zero-order valence-corrected chi connectivity index (χ0v) is 8.04. The van der Waals surface area contributed by atoms with Gasteiger partial charge in [-0.3, -0.25) is 0 Å². The second kappa shape index (κ2) is 4.83. The average Bonchev–Trinajstić information content (AvgIpc) is 2.14. The third-order valence-corrected chi connectivity index (χ3v) is 1.91. The summed E-state index contributed by atoms with van der Waals surface area (Å²) in [4.78, 5) is 0. The number of nitrogens with one attached hydrogen (secondary N) is 1. The maximum Gasteiger partial charge on any atom is 0.160 e. The zero-order chi connectivity index (χ0) is 10.6. The molecule has 1 rings (SSSR count). The number of hydrogen-bond acceptors (Lipinski definition) is 1. The Kier molecular flexibility index (Phi) is 3.73. The number of hydrogen-bond donors (Lipinski definition) is 1. The number of halogens is 3. The predicted octanol–water partition coefficient (Wildman–Crippen LogP) is 3.05. The Balaban J connectivity index is 2.78. The van der Waals surface area contributed by atoms with Crippen LogP contribution in [-0.4, -0.2) is 6.54 Å². The Bertz CT molecular complexity index is 371. The Morgan fingerprint density at radius 2 is 2.00 bits per heavy atom. The highest BCUT2D eigenvalue weighted by Crippen LogP contribution is 2.24. The van der Waals surface area contributed by atoms with Crippen LogP contribution in [-0.2, 0) is 0 Å². The van der Waals surface area contributed by atoms with Crippen LogP contribution in [0.4, 0.5) is 14.5 Å². The van der Waals surface area contributed by atoms with E-state index in [0.29, 0.717) is 18.7 Å². The number of anilines is 1. The molecule has 0 atom stereocenters. The summed E-state index contributed by atoms with van der Waals surface area (Å²) in [5, 5.41) is 2.94. The highest BCUT2D eigenvalue weighted by Gasteiger charge is 2.07. The van der Waals surface area contributed by atoms with Gasteiger partial charge in [0.15, 0.2) is 11.6 Å². The first kappa shape index (κ1) is 10.8. The van der Waals surface area contributed by atoms with Crippen LogP contribution in [0.2, 0.25) is 5.02 Å². The van der Waals surface area contributed by atoms with E-state index in [0.717, 1.165) is 12.1 Å². The molecule has 0 aliphatic carbocycles. The van der Waals surface area contributed by atoms with Gasteiger partial charge in [0.1, 0.15) is 0 Å². The van der Waals surface area contributed by atoms with Gasteiger partial charge in [-0.05, 0) is 6.07 Å². The van der Waals surface area contributed by atoms with E-state index in [-0.39, 0.29) is 5.02 Å². The maximum absolute atomic E-state index is 12.8. The molecule has 0 heterocycles. The van der Waals surface area contributed by atoms with Crippen molar-refractivity contribution in [2.45, 2.75) is 6.42 Å². The van der Waals surface area contributed by atoms with E-state index in [1.165, 1.54) is 0 Å². The molecule has 14 heavy (non-hydrogen) atoms. The van der Waals surface area contributed by atoms with E-state index in [1.807, 2.05) is 0 Å². The summed E-state index contributed by atoms with van der Waals surface area (Å²) in [7, 11) is 0. The predicted molar refractivity (Wildman–Crippen MR) is 53.3 cm³/mol. The van der Waals surface area contributed by atoms with Gasteiger partial charge in [0.25, 0.3) is 0 Å². The number of rotatable bonds is 3. The third-order valence-electron chi connectivity index (χ3n) is 1.59. The van der Waals surface area contributed by atoms with Crippen molar-refractivity contribution in [2.24, 2.45) is 0 Å². The Morgan fingerprint density at radius 1 is 1.36 bits per heavy atom. The zero-order valence-electron chi connectivity index (χ0n) is 7.28. The average molecular weight is 216 g/mol. The van der Waals surface area contributed by atoms with Gasteiger partial charge in [-0.1, -0.05) is 11.6 Å². The van der Waals surface area contributed by atoms with Crippen LogP contribution in [0.1, 0.15) is 6.42 Å². The molecular weight excluding hydrogens is 208 g/mol. The molecule has 4 heteroatoms. The summed E-state index contributed by atoms with van der Waals surface area (Å²) < 4.78 is 25.4.